The predicted octanol–water partition coefficient (Wildman–Crippen LogP) is 2.97. The lowest BCUT2D eigenvalue weighted by molar-refractivity contribution is -0.126. The van der Waals surface area contributed by atoms with Gasteiger partial charge in [-0.05, 0) is 50.3 Å². The van der Waals surface area contributed by atoms with Crippen LogP contribution in [-0.4, -0.2) is 43.8 Å². The number of hydrogen-bond donors (Lipinski definition) is 2. The van der Waals surface area contributed by atoms with Crippen LogP contribution in [0.3, 0.4) is 0 Å². The smallest absolute Gasteiger partial charge is 0.255 e. The molecule has 0 aliphatic carbocycles. The van der Waals surface area contributed by atoms with Gasteiger partial charge in [0.15, 0.2) is 0 Å². The Morgan fingerprint density at radius 2 is 2.09 bits per heavy atom. The standard InChI is InChI=1S/C26H28N6O2/c1-5-9-20-22(26(34)28-13-18-11-8-7-10-16(18)3)23-24(27)29-15-30-25(23)32(20)19-12-17(4)31(14-19)21(33)6-2/h6-8,10-11,15,17,19H,2,12-14H2,1,3-4H3,(H,28,34)(H2,27,29,30)/t17-,19+/m0/s1. The fraction of sp³-hybridized carbons (Fsp3) is 0.308. The van der Waals surface area contributed by atoms with Crippen LogP contribution in [0.15, 0.2) is 43.2 Å². The first kappa shape index (κ1) is 23.1. The predicted molar refractivity (Wildman–Crippen MR) is 132 cm³/mol. The molecule has 3 N–H and O–H groups in total. The summed E-state index contributed by atoms with van der Waals surface area (Å²) in [5.74, 6) is 5.83. The Morgan fingerprint density at radius 1 is 1.32 bits per heavy atom. The summed E-state index contributed by atoms with van der Waals surface area (Å²) in [6.45, 7) is 10.2. The summed E-state index contributed by atoms with van der Waals surface area (Å²) in [5, 5.41) is 3.49. The monoisotopic (exact) mass is 456 g/mol. The zero-order chi connectivity index (χ0) is 24.4. The van der Waals surface area contributed by atoms with Gasteiger partial charge in [0.1, 0.15) is 23.5 Å². The molecule has 34 heavy (non-hydrogen) atoms. The van der Waals surface area contributed by atoms with E-state index in [1.165, 1.54) is 12.4 Å². The van der Waals surface area contributed by atoms with E-state index in [0.29, 0.717) is 41.8 Å². The maximum Gasteiger partial charge on any atom is 0.255 e. The Morgan fingerprint density at radius 3 is 2.79 bits per heavy atom. The highest BCUT2D eigenvalue weighted by Crippen LogP contribution is 2.36. The Labute approximate surface area is 198 Å². The number of nitrogens with two attached hydrogens (primary N) is 1. The molecule has 0 bridgehead atoms. The van der Waals surface area contributed by atoms with E-state index in [2.05, 4.69) is 33.7 Å². The van der Waals surface area contributed by atoms with Crippen LogP contribution in [0.25, 0.3) is 11.0 Å². The molecular weight excluding hydrogens is 428 g/mol. The number of nitrogens with zero attached hydrogens (tertiary/aromatic N) is 4. The molecule has 1 aromatic carbocycles. The minimum Gasteiger partial charge on any atom is -0.383 e. The van der Waals surface area contributed by atoms with Crippen LogP contribution in [0, 0.1) is 18.8 Å². The SMILES string of the molecule is C=CC(=O)N1C[C@H](n2c(C#CC)c(C(=O)NCc3ccccc3C)c3c(N)ncnc32)C[C@@H]1C. The van der Waals surface area contributed by atoms with Gasteiger partial charge >= 0.3 is 0 Å². The Hall–Kier alpha value is -4.12. The first-order valence-corrected chi connectivity index (χ1v) is 11.2. The number of carbonyl (C=O) groups excluding carboxylic acids is 2. The van der Waals surface area contributed by atoms with Gasteiger partial charge in [-0.3, -0.25) is 9.59 Å². The molecule has 8 nitrogen and oxygen atoms in total. The summed E-state index contributed by atoms with van der Waals surface area (Å²) in [4.78, 5) is 36.3. The molecule has 0 radical (unpaired) electrons. The van der Waals surface area contributed by atoms with E-state index in [1.807, 2.05) is 42.7 Å². The summed E-state index contributed by atoms with van der Waals surface area (Å²) in [6, 6.07) is 7.78. The molecule has 1 fully saturated rings. The largest absolute Gasteiger partial charge is 0.383 e. The van der Waals surface area contributed by atoms with E-state index in [0.717, 1.165) is 11.1 Å². The molecule has 3 heterocycles. The highest BCUT2D eigenvalue weighted by molar-refractivity contribution is 6.11. The molecule has 3 aromatic rings. The van der Waals surface area contributed by atoms with Crippen molar-refractivity contribution in [2.75, 3.05) is 12.3 Å². The zero-order valence-electron chi connectivity index (χ0n) is 19.6. The average Bonchev–Trinajstić information content (AvgIpc) is 3.36. The maximum absolute atomic E-state index is 13.5. The topological polar surface area (TPSA) is 106 Å². The van der Waals surface area contributed by atoms with Crippen molar-refractivity contribution in [3.05, 3.63) is 65.6 Å². The lowest BCUT2D eigenvalue weighted by Crippen LogP contribution is -2.32. The van der Waals surface area contributed by atoms with Crippen LogP contribution in [0.1, 0.15) is 53.5 Å². The average molecular weight is 457 g/mol. The lowest BCUT2D eigenvalue weighted by atomic mass is 10.1. The molecule has 2 amide bonds. The molecule has 0 spiro atoms. The molecule has 1 aliphatic heterocycles. The van der Waals surface area contributed by atoms with Gasteiger partial charge in [-0.2, -0.15) is 0 Å². The minimum absolute atomic E-state index is 0.00732. The van der Waals surface area contributed by atoms with Crippen molar-refractivity contribution in [1.82, 2.24) is 24.8 Å². The number of likely N-dealkylation sites (tertiary alicyclic amines) is 1. The molecular formula is C26H28N6O2. The number of benzene rings is 1. The molecule has 0 unspecified atom stereocenters. The van der Waals surface area contributed by atoms with Crippen LogP contribution in [0.2, 0.25) is 0 Å². The van der Waals surface area contributed by atoms with E-state index in [4.69, 9.17) is 5.73 Å². The van der Waals surface area contributed by atoms with Crippen LogP contribution < -0.4 is 11.1 Å². The summed E-state index contributed by atoms with van der Waals surface area (Å²) >= 11 is 0. The van der Waals surface area contributed by atoms with E-state index >= 15 is 0 Å². The zero-order valence-corrected chi connectivity index (χ0v) is 19.6. The van der Waals surface area contributed by atoms with Crippen molar-refractivity contribution >= 4 is 28.7 Å². The van der Waals surface area contributed by atoms with Gasteiger partial charge in [-0.1, -0.05) is 36.8 Å². The fourth-order valence-corrected chi connectivity index (χ4v) is 4.66. The number of amides is 2. The van der Waals surface area contributed by atoms with E-state index in [9.17, 15) is 9.59 Å². The molecule has 1 saturated heterocycles. The Balaban J connectivity index is 1.81. The number of hydrogen-bond acceptors (Lipinski definition) is 5. The summed E-state index contributed by atoms with van der Waals surface area (Å²) < 4.78 is 1.94. The second-order valence-electron chi connectivity index (χ2n) is 8.47. The molecule has 0 saturated carbocycles. The molecule has 4 rings (SSSR count). The second-order valence-corrected chi connectivity index (χ2v) is 8.47. The van der Waals surface area contributed by atoms with Crippen molar-refractivity contribution in [2.45, 2.75) is 45.8 Å². The maximum atomic E-state index is 13.5. The van der Waals surface area contributed by atoms with Crippen LogP contribution >= 0.6 is 0 Å². The number of anilines is 1. The molecule has 174 valence electrons. The van der Waals surface area contributed by atoms with E-state index in [1.54, 1.807) is 11.8 Å². The van der Waals surface area contributed by atoms with Crippen molar-refractivity contribution in [2.24, 2.45) is 0 Å². The Bertz CT molecular complexity index is 1350. The number of nitrogen functional groups attached to an aromatic ring is 1. The van der Waals surface area contributed by atoms with E-state index < -0.39 is 0 Å². The number of aromatic nitrogens is 3. The summed E-state index contributed by atoms with van der Waals surface area (Å²) in [6.07, 6.45) is 3.40. The molecule has 8 heteroatoms. The second kappa shape index (κ2) is 9.40. The number of rotatable bonds is 5. The van der Waals surface area contributed by atoms with Gasteiger partial charge in [-0.25, -0.2) is 9.97 Å². The number of aryl methyl sites for hydroxylation is 1. The summed E-state index contributed by atoms with van der Waals surface area (Å²) in [5.41, 5.74) is 9.79. The quantitative estimate of drug-likeness (QED) is 0.454. The fourth-order valence-electron chi connectivity index (χ4n) is 4.66. The van der Waals surface area contributed by atoms with Crippen molar-refractivity contribution in [3.63, 3.8) is 0 Å². The number of fused-ring (bicyclic) bond motifs is 1. The minimum atomic E-state index is -0.295. The third-order valence-electron chi connectivity index (χ3n) is 6.36. The van der Waals surface area contributed by atoms with Crippen LogP contribution in [0.4, 0.5) is 5.82 Å². The molecule has 1 aliphatic rings. The Kier molecular flexibility index (Phi) is 6.37. The third kappa shape index (κ3) is 4.01. The highest BCUT2D eigenvalue weighted by Gasteiger charge is 2.36. The van der Waals surface area contributed by atoms with Crippen molar-refractivity contribution in [3.8, 4) is 11.8 Å². The van der Waals surface area contributed by atoms with Gasteiger partial charge in [0, 0.05) is 19.1 Å². The van der Waals surface area contributed by atoms with Gasteiger partial charge in [0.25, 0.3) is 5.91 Å². The van der Waals surface area contributed by atoms with Gasteiger partial charge in [0.2, 0.25) is 5.91 Å². The number of carbonyl (C=O) groups is 2. The van der Waals surface area contributed by atoms with Gasteiger partial charge < -0.3 is 20.5 Å². The third-order valence-corrected chi connectivity index (χ3v) is 6.36. The van der Waals surface area contributed by atoms with Crippen LogP contribution in [-0.2, 0) is 11.3 Å². The van der Waals surface area contributed by atoms with Crippen molar-refractivity contribution < 1.29 is 9.59 Å². The molecule has 2 atom stereocenters. The van der Waals surface area contributed by atoms with Gasteiger partial charge in [-0.15, -0.1) is 0 Å². The summed E-state index contributed by atoms with van der Waals surface area (Å²) in [7, 11) is 0. The first-order chi connectivity index (χ1) is 16.4. The van der Waals surface area contributed by atoms with Gasteiger partial charge in [0.05, 0.1) is 17.0 Å². The molecule has 2 aromatic heterocycles. The van der Waals surface area contributed by atoms with E-state index in [-0.39, 0.29) is 29.7 Å². The highest BCUT2D eigenvalue weighted by atomic mass is 16.2. The van der Waals surface area contributed by atoms with Crippen LogP contribution in [0.5, 0.6) is 0 Å². The number of nitrogens with one attached hydrogen (secondary N) is 1. The lowest BCUT2D eigenvalue weighted by Gasteiger charge is -2.19. The normalized spacial score (nSPS) is 17.3. The van der Waals surface area contributed by atoms with Crippen molar-refractivity contribution in [1.29, 1.82) is 0 Å². The first-order valence-electron chi connectivity index (χ1n) is 11.2.